The van der Waals surface area contributed by atoms with Crippen molar-refractivity contribution < 1.29 is 33.4 Å². The molecule has 1 saturated heterocycles. The first-order chi connectivity index (χ1) is 13.4. The number of hydrogen-bond acceptors (Lipinski definition) is 7. The summed E-state index contributed by atoms with van der Waals surface area (Å²) >= 11 is 0. The molecule has 0 atom stereocenters. The number of imide groups is 2. The van der Waals surface area contributed by atoms with E-state index in [1.54, 1.807) is 12.1 Å². The van der Waals surface area contributed by atoms with Crippen LogP contribution in [-0.2, 0) is 20.9 Å². The number of amides is 5. The molecule has 5 amide bonds. The number of methoxy groups -OCH3 is 3. The molecule has 1 aromatic rings. The average Bonchev–Trinajstić information content (AvgIpc) is 2.89. The van der Waals surface area contributed by atoms with Gasteiger partial charge in [0.25, 0.3) is 0 Å². The monoisotopic (exact) mass is 391 g/mol. The molecule has 0 spiro atoms. The molecule has 1 heterocycles. The van der Waals surface area contributed by atoms with Gasteiger partial charge in [-0.3, -0.25) is 19.3 Å². The maximum absolute atomic E-state index is 12.2. The van der Waals surface area contributed by atoms with E-state index in [0.29, 0.717) is 27.7 Å². The van der Waals surface area contributed by atoms with Gasteiger partial charge in [-0.1, -0.05) is 6.08 Å². The first kappa shape index (κ1) is 20.7. The molecule has 0 radical (unpaired) electrons. The number of hydrogen-bond donors (Lipinski definition) is 1. The second-order valence-corrected chi connectivity index (χ2v) is 5.69. The van der Waals surface area contributed by atoms with Crippen molar-refractivity contribution in [2.75, 3.05) is 34.4 Å². The third kappa shape index (κ3) is 4.05. The number of nitrogens with zero attached hydrogens (tertiary/aromatic N) is 2. The van der Waals surface area contributed by atoms with Crippen LogP contribution in [0, 0.1) is 0 Å². The molecule has 0 saturated carbocycles. The average molecular weight is 391 g/mol. The van der Waals surface area contributed by atoms with Crippen molar-refractivity contribution in [3.8, 4) is 17.2 Å². The Hall–Kier alpha value is -3.56. The Morgan fingerprint density at radius 1 is 1.04 bits per heavy atom. The van der Waals surface area contributed by atoms with Crippen LogP contribution in [0.3, 0.4) is 0 Å². The molecule has 0 bridgehead atoms. The van der Waals surface area contributed by atoms with E-state index in [2.05, 4.69) is 11.9 Å². The van der Waals surface area contributed by atoms with Crippen LogP contribution in [0.1, 0.15) is 5.56 Å². The number of carbonyl (C=O) groups excluding carboxylic acids is 4. The third-order valence-corrected chi connectivity index (χ3v) is 3.96. The van der Waals surface area contributed by atoms with E-state index in [4.69, 9.17) is 14.2 Å². The molecule has 1 aliphatic rings. The van der Waals surface area contributed by atoms with Crippen LogP contribution in [-0.4, -0.2) is 68.0 Å². The Labute approximate surface area is 161 Å². The zero-order chi connectivity index (χ0) is 20.8. The van der Waals surface area contributed by atoms with E-state index < -0.39 is 30.3 Å². The molecule has 0 aliphatic carbocycles. The molecule has 1 fully saturated rings. The van der Waals surface area contributed by atoms with Gasteiger partial charge in [0.15, 0.2) is 11.5 Å². The highest BCUT2D eigenvalue weighted by molar-refractivity contribution is 6.45. The number of ether oxygens (including phenoxy) is 3. The number of nitrogens with one attached hydrogen (secondary N) is 1. The van der Waals surface area contributed by atoms with E-state index in [1.807, 2.05) is 0 Å². The quantitative estimate of drug-likeness (QED) is 0.366. The highest BCUT2D eigenvalue weighted by Gasteiger charge is 2.44. The van der Waals surface area contributed by atoms with E-state index in [0.717, 1.165) is 4.90 Å². The van der Waals surface area contributed by atoms with Crippen LogP contribution in [0.25, 0.3) is 0 Å². The molecule has 28 heavy (non-hydrogen) atoms. The van der Waals surface area contributed by atoms with Crippen molar-refractivity contribution in [1.82, 2.24) is 15.1 Å². The highest BCUT2D eigenvalue weighted by Crippen LogP contribution is 2.38. The standard InChI is InChI=1S/C18H21N3O7/c1-5-6-20-16(23)17(24)21(18(20)25)10-14(22)19-9-11-7-12(26-2)15(28-4)13(8-11)27-3/h5,7-8H,1,6,9-10H2,2-4H3,(H,19,22). The zero-order valence-corrected chi connectivity index (χ0v) is 15.8. The molecule has 1 aliphatic heterocycles. The molecule has 2 rings (SSSR count). The molecule has 10 heteroatoms. The molecule has 1 N–H and O–H groups in total. The van der Waals surface area contributed by atoms with Crippen LogP contribution in [0.4, 0.5) is 4.79 Å². The third-order valence-electron chi connectivity index (χ3n) is 3.96. The molecular formula is C18H21N3O7. The summed E-state index contributed by atoms with van der Waals surface area (Å²) < 4.78 is 15.7. The summed E-state index contributed by atoms with van der Waals surface area (Å²) in [5.41, 5.74) is 0.645. The molecular weight excluding hydrogens is 370 g/mol. The van der Waals surface area contributed by atoms with Crippen molar-refractivity contribution in [3.63, 3.8) is 0 Å². The largest absolute Gasteiger partial charge is 0.493 e. The van der Waals surface area contributed by atoms with Crippen molar-refractivity contribution in [3.05, 3.63) is 30.4 Å². The Morgan fingerprint density at radius 2 is 1.61 bits per heavy atom. The van der Waals surface area contributed by atoms with Gasteiger partial charge >= 0.3 is 17.8 Å². The summed E-state index contributed by atoms with van der Waals surface area (Å²) in [7, 11) is 4.41. The van der Waals surface area contributed by atoms with Gasteiger partial charge in [-0.2, -0.15) is 0 Å². The van der Waals surface area contributed by atoms with E-state index in [-0.39, 0.29) is 13.1 Å². The molecule has 10 nitrogen and oxygen atoms in total. The minimum absolute atomic E-state index is 0.0795. The lowest BCUT2D eigenvalue weighted by Gasteiger charge is -2.16. The van der Waals surface area contributed by atoms with Crippen LogP contribution in [0.15, 0.2) is 24.8 Å². The van der Waals surface area contributed by atoms with Gasteiger partial charge in [-0.25, -0.2) is 9.69 Å². The summed E-state index contributed by atoms with van der Waals surface area (Å²) in [6.07, 6.45) is 1.32. The van der Waals surface area contributed by atoms with Crippen LogP contribution in [0.5, 0.6) is 17.2 Å². The number of benzene rings is 1. The first-order valence-electron chi connectivity index (χ1n) is 8.21. The SMILES string of the molecule is C=CCN1C(=O)C(=O)N(CC(=O)NCc2cc(OC)c(OC)c(OC)c2)C1=O. The zero-order valence-electron chi connectivity index (χ0n) is 15.8. The highest BCUT2D eigenvalue weighted by atomic mass is 16.5. The van der Waals surface area contributed by atoms with Gasteiger partial charge < -0.3 is 19.5 Å². The maximum atomic E-state index is 12.2. The summed E-state index contributed by atoms with van der Waals surface area (Å²) in [5, 5.41) is 2.58. The second kappa shape index (κ2) is 8.89. The lowest BCUT2D eigenvalue weighted by Crippen LogP contribution is -2.41. The molecule has 0 aromatic heterocycles. The van der Waals surface area contributed by atoms with Gasteiger partial charge in [0.2, 0.25) is 11.7 Å². The number of urea groups is 1. The van der Waals surface area contributed by atoms with Crippen LogP contribution < -0.4 is 19.5 Å². The minimum Gasteiger partial charge on any atom is -0.493 e. The predicted molar refractivity (Wildman–Crippen MR) is 97.0 cm³/mol. The van der Waals surface area contributed by atoms with E-state index >= 15 is 0 Å². The van der Waals surface area contributed by atoms with Gasteiger partial charge in [-0.05, 0) is 17.7 Å². The fraction of sp³-hybridized carbons (Fsp3) is 0.333. The van der Waals surface area contributed by atoms with Crippen molar-refractivity contribution in [1.29, 1.82) is 0 Å². The van der Waals surface area contributed by atoms with Gasteiger partial charge in [0.1, 0.15) is 6.54 Å². The topological polar surface area (TPSA) is 114 Å². The Balaban J connectivity index is 2.05. The smallest absolute Gasteiger partial charge is 0.335 e. The Bertz CT molecular complexity index is 796. The van der Waals surface area contributed by atoms with Gasteiger partial charge in [0.05, 0.1) is 21.3 Å². The Morgan fingerprint density at radius 3 is 2.11 bits per heavy atom. The van der Waals surface area contributed by atoms with Gasteiger partial charge in [-0.15, -0.1) is 6.58 Å². The lowest BCUT2D eigenvalue weighted by atomic mass is 10.1. The van der Waals surface area contributed by atoms with Crippen molar-refractivity contribution >= 4 is 23.8 Å². The molecule has 0 unspecified atom stereocenters. The van der Waals surface area contributed by atoms with Crippen molar-refractivity contribution in [2.45, 2.75) is 6.54 Å². The first-order valence-corrected chi connectivity index (χ1v) is 8.21. The summed E-state index contributed by atoms with van der Waals surface area (Å²) in [5.74, 6) is -1.39. The number of carbonyl (C=O) groups is 4. The van der Waals surface area contributed by atoms with Crippen molar-refractivity contribution in [2.24, 2.45) is 0 Å². The van der Waals surface area contributed by atoms with Crippen LogP contribution >= 0.6 is 0 Å². The lowest BCUT2D eigenvalue weighted by molar-refractivity contribution is -0.143. The minimum atomic E-state index is -1.05. The van der Waals surface area contributed by atoms with E-state index in [9.17, 15) is 19.2 Å². The van der Waals surface area contributed by atoms with Gasteiger partial charge in [0, 0.05) is 13.1 Å². The predicted octanol–water partition coefficient (Wildman–Crippen LogP) is 0.305. The summed E-state index contributed by atoms with van der Waals surface area (Å²) in [6, 6.07) is 2.46. The molecule has 150 valence electrons. The Kier molecular flexibility index (Phi) is 6.59. The summed E-state index contributed by atoms with van der Waals surface area (Å²) in [4.78, 5) is 49.3. The van der Waals surface area contributed by atoms with Crippen LogP contribution in [0.2, 0.25) is 0 Å². The maximum Gasteiger partial charge on any atom is 0.335 e. The van der Waals surface area contributed by atoms with E-state index in [1.165, 1.54) is 27.4 Å². The fourth-order valence-corrected chi connectivity index (χ4v) is 2.62. The fourth-order valence-electron chi connectivity index (χ4n) is 2.62. The second-order valence-electron chi connectivity index (χ2n) is 5.69. The normalized spacial score (nSPS) is 13.6. The molecule has 1 aromatic carbocycles. The number of rotatable bonds is 9. The summed E-state index contributed by atoms with van der Waals surface area (Å²) in [6.45, 7) is 2.83.